The van der Waals surface area contributed by atoms with E-state index < -0.39 is 6.04 Å². The van der Waals surface area contributed by atoms with Crippen LogP contribution >= 0.6 is 0 Å². The molecule has 164 valence electrons. The number of phenolic OH excluding ortho intramolecular Hbond substituents is 1. The van der Waals surface area contributed by atoms with Gasteiger partial charge in [-0.25, -0.2) is 0 Å². The van der Waals surface area contributed by atoms with E-state index in [2.05, 4.69) is 46.3 Å². The van der Waals surface area contributed by atoms with Crippen LogP contribution in [0.25, 0.3) is 0 Å². The predicted molar refractivity (Wildman–Crippen MR) is 120 cm³/mol. The molecule has 0 unspecified atom stereocenters. The minimum absolute atomic E-state index is 0.00731. The summed E-state index contributed by atoms with van der Waals surface area (Å²) in [5, 5.41) is 13.0. The average Bonchev–Trinajstić information content (AvgIpc) is 2.78. The van der Waals surface area contributed by atoms with Gasteiger partial charge in [-0.15, -0.1) is 0 Å². The number of carbonyl (C=O) groups is 2. The lowest BCUT2D eigenvalue weighted by Gasteiger charge is -2.39. The Morgan fingerprint density at radius 1 is 1.03 bits per heavy atom. The minimum Gasteiger partial charge on any atom is -0.506 e. The van der Waals surface area contributed by atoms with E-state index in [4.69, 9.17) is 0 Å². The zero-order valence-electron chi connectivity index (χ0n) is 18.0. The molecule has 2 saturated heterocycles. The number of para-hydroxylation sites is 2. The first kappa shape index (κ1) is 21.2. The molecule has 2 N–H and O–H groups in total. The van der Waals surface area contributed by atoms with Crippen molar-refractivity contribution in [1.82, 2.24) is 15.1 Å². The highest BCUT2D eigenvalue weighted by Gasteiger charge is 2.33. The number of nitrogens with zero attached hydrogens (tertiary/aromatic N) is 3. The molecule has 0 saturated carbocycles. The number of amides is 2. The van der Waals surface area contributed by atoms with Gasteiger partial charge in [-0.3, -0.25) is 14.5 Å². The normalized spacial score (nSPS) is 19.9. The molecule has 0 bridgehead atoms. The van der Waals surface area contributed by atoms with Crippen LogP contribution in [0.4, 0.5) is 5.69 Å². The van der Waals surface area contributed by atoms with E-state index in [1.165, 1.54) is 5.56 Å². The molecule has 2 fully saturated rings. The number of hydrogen-bond donors (Lipinski definition) is 2. The Morgan fingerprint density at radius 2 is 1.74 bits per heavy atom. The van der Waals surface area contributed by atoms with Gasteiger partial charge in [0, 0.05) is 45.8 Å². The molecule has 4 rings (SSSR count). The van der Waals surface area contributed by atoms with E-state index in [-0.39, 0.29) is 24.0 Å². The van der Waals surface area contributed by atoms with Crippen LogP contribution in [0.15, 0.2) is 48.5 Å². The average molecular weight is 423 g/mol. The van der Waals surface area contributed by atoms with Crippen molar-refractivity contribution in [2.45, 2.75) is 25.9 Å². The number of hydrogen-bond acceptors (Lipinski definition) is 5. The molecule has 0 spiro atoms. The van der Waals surface area contributed by atoms with Crippen LogP contribution in [0, 0.1) is 6.92 Å². The second kappa shape index (κ2) is 9.39. The van der Waals surface area contributed by atoms with Crippen molar-refractivity contribution >= 4 is 17.5 Å². The monoisotopic (exact) mass is 422 g/mol. The zero-order valence-corrected chi connectivity index (χ0v) is 18.0. The van der Waals surface area contributed by atoms with Crippen molar-refractivity contribution in [3.8, 4) is 5.75 Å². The molecule has 2 aliphatic heterocycles. The van der Waals surface area contributed by atoms with Gasteiger partial charge in [0.25, 0.3) is 0 Å². The summed E-state index contributed by atoms with van der Waals surface area (Å²) >= 11 is 0. The third-order valence-electron chi connectivity index (χ3n) is 6.17. The number of benzene rings is 2. The van der Waals surface area contributed by atoms with Crippen molar-refractivity contribution in [2.75, 3.05) is 44.2 Å². The highest BCUT2D eigenvalue weighted by atomic mass is 16.3. The van der Waals surface area contributed by atoms with Crippen molar-refractivity contribution < 1.29 is 14.7 Å². The number of carbonyl (C=O) groups excluding carboxylic acids is 2. The van der Waals surface area contributed by atoms with Gasteiger partial charge in [0.2, 0.25) is 11.8 Å². The van der Waals surface area contributed by atoms with E-state index in [0.717, 1.165) is 17.8 Å². The van der Waals surface area contributed by atoms with Crippen molar-refractivity contribution in [2.24, 2.45) is 0 Å². The predicted octanol–water partition coefficient (Wildman–Crippen LogP) is 1.74. The molecule has 2 aromatic carbocycles. The summed E-state index contributed by atoms with van der Waals surface area (Å²) in [5.74, 6) is 0.195. The molecule has 2 heterocycles. The van der Waals surface area contributed by atoms with Gasteiger partial charge in [0.1, 0.15) is 5.75 Å². The maximum absolute atomic E-state index is 13.0. The Morgan fingerprint density at radius 3 is 2.45 bits per heavy atom. The molecule has 0 radical (unpaired) electrons. The van der Waals surface area contributed by atoms with Crippen molar-refractivity contribution in [1.29, 1.82) is 0 Å². The molecule has 2 aromatic rings. The van der Waals surface area contributed by atoms with Crippen LogP contribution in [-0.4, -0.2) is 72.0 Å². The molecule has 2 aliphatic rings. The number of aryl methyl sites for hydroxylation is 1. The molecular formula is C24H30N4O3. The van der Waals surface area contributed by atoms with E-state index in [1.54, 1.807) is 12.1 Å². The molecule has 1 atom stereocenters. The number of piperazine rings is 2. The molecule has 2 amide bonds. The van der Waals surface area contributed by atoms with Gasteiger partial charge >= 0.3 is 0 Å². The number of anilines is 1. The van der Waals surface area contributed by atoms with Crippen LogP contribution in [0.2, 0.25) is 0 Å². The van der Waals surface area contributed by atoms with Gasteiger partial charge < -0.3 is 20.2 Å². The summed E-state index contributed by atoms with van der Waals surface area (Å²) in [4.78, 5) is 31.6. The summed E-state index contributed by atoms with van der Waals surface area (Å²) < 4.78 is 0. The Labute approximate surface area is 183 Å². The van der Waals surface area contributed by atoms with E-state index in [9.17, 15) is 14.7 Å². The van der Waals surface area contributed by atoms with E-state index >= 15 is 0 Å². The molecule has 7 nitrogen and oxygen atoms in total. The maximum Gasteiger partial charge on any atom is 0.237 e. The fraction of sp³-hybridized carbons (Fsp3) is 0.417. The first-order chi connectivity index (χ1) is 15.0. The number of rotatable bonds is 5. The van der Waals surface area contributed by atoms with Crippen molar-refractivity contribution in [3.05, 3.63) is 59.7 Å². The number of aromatic hydroxyl groups is 1. The molecular weight excluding hydrogens is 392 g/mol. The largest absolute Gasteiger partial charge is 0.506 e. The lowest BCUT2D eigenvalue weighted by molar-refractivity contribution is -0.139. The van der Waals surface area contributed by atoms with Crippen LogP contribution in [0.5, 0.6) is 5.75 Å². The third kappa shape index (κ3) is 4.99. The second-order valence-electron chi connectivity index (χ2n) is 8.32. The standard InChI is InChI=1S/C24H30N4O3/c1-18-6-8-19(9-7-18)17-28-11-10-25-24(31)21(28)16-23(30)27-14-12-26(13-15-27)20-4-2-3-5-22(20)29/h2-9,21,29H,10-17H2,1H3,(H,25,31)/t21-/m1/s1. The maximum atomic E-state index is 13.0. The molecule has 0 aliphatic carbocycles. The summed E-state index contributed by atoms with van der Waals surface area (Å²) in [6.45, 7) is 6.54. The van der Waals surface area contributed by atoms with Crippen LogP contribution in [-0.2, 0) is 16.1 Å². The van der Waals surface area contributed by atoms with E-state index in [1.807, 2.05) is 17.0 Å². The Balaban J connectivity index is 1.36. The van der Waals surface area contributed by atoms with Crippen LogP contribution in [0.1, 0.15) is 17.5 Å². The third-order valence-corrected chi connectivity index (χ3v) is 6.17. The van der Waals surface area contributed by atoms with Gasteiger partial charge in [-0.1, -0.05) is 42.0 Å². The first-order valence-electron chi connectivity index (χ1n) is 10.9. The van der Waals surface area contributed by atoms with Crippen molar-refractivity contribution in [3.63, 3.8) is 0 Å². The second-order valence-corrected chi connectivity index (χ2v) is 8.32. The highest BCUT2D eigenvalue weighted by Crippen LogP contribution is 2.27. The summed E-state index contributed by atoms with van der Waals surface area (Å²) in [7, 11) is 0. The fourth-order valence-corrected chi connectivity index (χ4v) is 4.32. The zero-order chi connectivity index (χ0) is 21.8. The summed E-state index contributed by atoms with van der Waals surface area (Å²) in [6.07, 6.45) is 0.189. The lowest BCUT2D eigenvalue weighted by atomic mass is 10.1. The van der Waals surface area contributed by atoms with Gasteiger partial charge in [0.05, 0.1) is 18.2 Å². The Bertz CT molecular complexity index is 923. The smallest absolute Gasteiger partial charge is 0.237 e. The Hall–Kier alpha value is -3.06. The van der Waals surface area contributed by atoms with Gasteiger partial charge in [-0.05, 0) is 24.6 Å². The topological polar surface area (TPSA) is 76.1 Å². The van der Waals surface area contributed by atoms with Gasteiger partial charge in [-0.2, -0.15) is 0 Å². The quantitative estimate of drug-likeness (QED) is 0.768. The van der Waals surface area contributed by atoms with Crippen LogP contribution < -0.4 is 10.2 Å². The molecule has 7 heteroatoms. The Kier molecular flexibility index (Phi) is 6.42. The minimum atomic E-state index is -0.446. The summed E-state index contributed by atoms with van der Waals surface area (Å²) in [5.41, 5.74) is 3.15. The summed E-state index contributed by atoms with van der Waals surface area (Å²) in [6, 6.07) is 15.1. The number of nitrogens with one attached hydrogen (secondary N) is 1. The SMILES string of the molecule is Cc1ccc(CN2CCNC(=O)[C@H]2CC(=O)N2CCN(c3ccccc3O)CC2)cc1. The van der Waals surface area contributed by atoms with Crippen LogP contribution in [0.3, 0.4) is 0 Å². The lowest BCUT2D eigenvalue weighted by Crippen LogP contribution is -2.57. The van der Waals surface area contributed by atoms with Gasteiger partial charge in [0.15, 0.2) is 0 Å². The highest BCUT2D eigenvalue weighted by molar-refractivity contribution is 5.89. The first-order valence-corrected chi connectivity index (χ1v) is 10.9. The fourth-order valence-electron chi connectivity index (χ4n) is 4.32. The molecule has 31 heavy (non-hydrogen) atoms. The molecule has 0 aromatic heterocycles. The number of phenols is 1. The van der Waals surface area contributed by atoms with E-state index in [0.29, 0.717) is 39.3 Å².